The summed E-state index contributed by atoms with van der Waals surface area (Å²) in [5.41, 5.74) is 2.28. The van der Waals surface area contributed by atoms with Crippen molar-refractivity contribution in [2.45, 2.75) is 44.8 Å². The van der Waals surface area contributed by atoms with Crippen molar-refractivity contribution in [3.05, 3.63) is 53.0 Å². The number of likely N-dealkylation sites (tertiary alicyclic amines) is 1. The molecule has 9 heteroatoms. The lowest BCUT2D eigenvalue weighted by Gasteiger charge is -2.32. The number of hydrogen-bond acceptors (Lipinski definition) is 6. The van der Waals surface area contributed by atoms with Gasteiger partial charge in [0.25, 0.3) is 5.91 Å². The molecule has 2 aromatic rings. The normalized spacial score (nSPS) is 25.1. The minimum atomic E-state index is -0.805. The molecule has 3 aliphatic rings. The number of aliphatic hydroxyl groups excluding tert-OH is 1. The average Bonchev–Trinajstić information content (AvgIpc) is 3.37. The number of fused-ring (bicyclic) bond motifs is 1. The van der Waals surface area contributed by atoms with E-state index in [1.807, 2.05) is 12.1 Å². The fourth-order valence-electron chi connectivity index (χ4n) is 5.38. The predicted molar refractivity (Wildman–Crippen MR) is 121 cm³/mol. The third kappa shape index (κ3) is 3.88. The van der Waals surface area contributed by atoms with E-state index < -0.39 is 29.7 Å². The molecule has 3 atom stereocenters. The molecule has 0 spiro atoms. The van der Waals surface area contributed by atoms with Gasteiger partial charge in [0, 0.05) is 49.0 Å². The highest BCUT2D eigenvalue weighted by molar-refractivity contribution is 6.06. The first kappa shape index (κ1) is 22.6. The first-order chi connectivity index (χ1) is 16.4. The van der Waals surface area contributed by atoms with Crippen LogP contribution in [0.5, 0.6) is 0 Å². The molecule has 0 bridgehead atoms. The second-order valence-corrected chi connectivity index (χ2v) is 9.37. The summed E-state index contributed by atoms with van der Waals surface area (Å²) in [6.07, 6.45) is 2.98. The maximum absolute atomic E-state index is 15.8. The van der Waals surface area contributed by atoms with Crippen molar-refractivity contribution in [1.82, 2.24) is 20.1 Å². The lowest BCUT2D eigenvalue weighted by atomic mass is 9.98. The van der Waals surface area contributed by atoms with Crippen LogP contribution >= 0.6 is 0 Å². The number of nitrogens with zero attached hydrogens (tertiary/aromatic N) is 3. The standard InChI is InChI=1S/C25H27FN4O4/c1-14-22-18(25(34)30(14)20-4-5-21(32)28-24(20)33)3-2-17(23(22)26)19-10-15(6-8-27-19)11-29-9-7-16(12-29)13-31/h2-3,6,8,10,14,16,20,31H,4-5,7,9,11-13H2,1H3,(H,28,32,33). The van der Waals surface area contributed by atoms with Crippen molar-refractivity contribution >= 4 is 17.7 Å². The van der Waals surface area contributed by atoms with Crippen LogP contribution in [0.1, 0.15) is 53.7 Å². The Morgan fingerprint density at radius 1 is 1.18 bits per heavy atom. The molecule has 4 heterocycles. The van der Waals surface area contributed by atoms with E-state index in [0.29, 0.717) is 23.7 Å². The Balaban J connectivity index is 1.42. The van der Waals surface area contributed by atoms with Gasteiger partial charge in [-0.3, -0.25) is 29.6 Å². The van der Waals surface area contributed by atoms with Crippen LogP contribution in [0.15, 0.2) is 30.5 Å². The third-order valence-corrected chi connectivity index (χ3v) is 7.16. The summed E-state index contributed by atoms with van der Waals surface area (Å²) in [7, 11) is 0. The Kier molecular flexibility index (Phi) is 5.91. The van der Waals surface area contributed by atoms with Gasteiger partial charge in [0.1, 0.15) is 11.9 Å². The van der Waals surface area contributed by atoms with Crippen molar-refractivity contribution < 1.29 is 23.9 Å². The molecule has 34 heavy (non-hydrogen) atoms. The molecule has 3 unspecified atom stereocenters. The zero-order valence-electron chi connectivity index (χ0n) is 19.0. The average molecular weight is 467 g/mol. The Morgan fingerprint density at radius 3 is 2.71 bits per heavy atom. The van der Waals surface area contributed by atoms with E-state index >= 15 is 4.39 Å². The Labute approximate surface area is 196 Å². The maximum Gasteiger partial charge on any atom is 0.255 e. The first-order valence-corrected chi connectivity index (χ1v) is 11.6. The van der Waals surface area contributed by atoms with Gasteiger partial charge in [-0.05, 0) is 62.1 Å². The van der Waals surface area contributed by atoms with Crippen molar-refractivity contribution in [2.75, 3.05) is 19.7 Å². The van der Waals surface area contributed by atoms with E-state index in [0.717, 1.165) is 25.1 Å². The van der Waals surface area contributed by atoms with Gasteiger partial charge in [0.2, 0.25) is 11.8 Å². The van der Waals surface area contributed by atoms with Crippen LogP contribution in [-0.2, 0) is 16.1 Å². The number of carbonyl (C=O) groups is 3. The summed E-state index contributed by atoms with van der Waals surface area (Å²) >= 11 is 0. The van der Waals surface area contributed by atoms with E-state index in [4.69, 9.17) is 0 Å². The smallest absolute Gasteiger partial charge is 0.255 e. The summed E-state index contributed by atoms with van der Waals surface area (Å²) in [6.45, 7) is 4.32. The molecule has 5 rings (SSSR count). The van der Waals surface area contributed by atoms with Crippen LogP contribution in [0.25, 0.3) is 11.3 Å². The molecule has 0 radical (unpaired) electrons. The minimum Gasteiger partial charge on any atom is -0.396 e. The second-order valence-electron chi connectivity index (χ2n) is 9.37. The van der Waals surface area contributed by atoms with Crippen molar-refractivity contribution in [3.63, 3.8) is 0 Å². The molecule has 1 aromatic heterocycles. The molecule has 3 amide bonds. The van der Waals surface area contributed by atoms with Crippen molar-refractivity contribution in [2.24, 2.45) is 5.92 Å². The van der Waals surface area contributed by atoms with Crippen molar-refractivity contribution in [3.8, 4) is 11.3 Å². The zero-order valence-corrected chi connectivity index (χ0v) is 19.0. The number of aliphatic hydroxyl groups is 1. The summed E-state index contributed by atoms with van der Waals surface area (Å²) in [4.78, 5) is 45.0. The quantitative estimate of drug-likeness (QED) is 0.654. The summed E-state index contributed by atoms with van der Waals surface area (Å²) < 4.78 is 15.8. The van der Waals surface area contributed by atoms with Gasteiger partial charge in [-0.25, -0.2) is 4.39 Å². The highest BCUT2D eigenvalue weighted by atomic mass is 19.1. The summed E-state index contributed by atoms with van der Waals surface area (Å²) in [5.74, 6) is -1.51. The van der Waals surface area contributed by atoms with Gasteiger partial charge in [-0.1, -0.05) is 0 Å². The molecule has 8 nitrogen and oxygen atoms in total. The number of nitrogens with one attached hydrogen (secondary N) is 1. The number of amides is 3. The Bertz CT molecular complexity index is 1170. The van der Waals surface area contributed by atoms with Gasteiger partial charge in [-0.15, -0.1) is 0 Å². The molecule has 3 aliphatic heterocycles. The van der Waals surface area contributed by atoms with Crippen LogP contribution in [0.3, 0.4) is 0 Å². The Hall–Kier alpha value is -3.17. The highest BCUT2D eigenvalue weighted by Crippen LogP contribution is 2.40. The van der Waals surface area contributed by atoms with Crippen LogP contribution < -0.4 is 5.32 Å². The first-order valence-electron chi connectivity index (χ1n) is 11.6. The number of rotatable bonds is 5. The molecule has 0 aliphatic carbocycles. The van der Waals surface area contributed by atoms with Crippen LogP contribution in [0, 0.1) is 11.7 Å². The fourth-order valence-corrected chi connectivity index (χ4v) is 5.38. The largest absolute Gasteiger partial charge is 0.396 e. The van der Waals surface area contributed by atoms with Crippen molar-refractivity contribution in [1.29, 1.82) is 0 Å². The third-order valence-electron chi connectivity index (χ3n) is 7.16. The van der Waals surface area contributed by atoms with E-state index in [-0.39, 0.29) is 36.5 Å². The molecule has 178 valence electrons. The molecule has 2 fully saturated rings. The lowest BCUT2D eigenvalue weighted by molar-refractivity contribution is -0.137. The van der Waals surface area contributed by atoms with Crippen LogP contribution in [-0.4, -0.2) is 63.4 Å². The summed E-state index contributed by atoms with van der Waals surface area (Å²) in [6, 6.07) is 5.47. The monoisotopic (exact) mass is 466 g/mol. The van der Waals surface area contributed by atoms with Gasteiger partial charge in [0.05, 0.1) is 11.7 Å². The van der Waals surface area contributed by atoms with Crippen LogP contribution in [0.2, 0.25) is 0 Å². The van der Waals surface area contributed by atoms with Crippen LogP contribution in [0.4, 0.5) is 4.39 Å². The van der Waals surface area contributed by atoms with Gasteiger partial charge < -0.3 is 10.0 Å². The number of carbonyl (C=O) groups excluding carboxylic acids is 3. The SMILES string of the molecule is CC1c2c(ccc(-c3cc(CN4CCC(CO)C4)ccn3)c2F)C(=O)N1C1CCC(=O)NC1=O. The predicted octanol–water partition coefficient (Wildman–Crippen LogP) is 2.02. The highest BCUT2D eigenvalue weighted by Gasteiger charge is 2.44. The number of halogens is 1. The number of piperidine rings is 1. The lowest BCUT2D eigenvalue weighted by Crippen LogP contribution is -2.53. The fraction of sp³-hybridized carbons (Fsp3) is 0.440. The molecule has 2 saturated heterocycles. The minimum absolute atomic E-state index is 0.143. The number of aromatic nitrogens is 1. The van der Waals surface area contributed by atoms with E-state index in [1.54, 1.807) is 25.3 Å². The second kappa shape index (κ2) is 8.88. The number of pyridine rings is 1. The van der Waals surface area contributed by atoms with Gasteiger partial charge in [0.15, 0.2) is 0 Å². The topological polar surface area (TPSA) is 103 Å². The number of imide groups is 1. The molecule has 0 saturated carbocycles. The zero-order chi connectivity index (χ0) is 24.0. The number of benzene rings is 1. The molecule has 1 aromatic carbocycles. The van der Waals surface area contributed by atoms with Gasteiger partial charge in [-0.2, -0.15) is 0 Å². The molecular weight excluding hydrogens is 439 g/mol. The van der Waals surface area contributed by atoms with E-state index in [2.05, 4.69) is 15.2 Å². The Morgan fingerprint density at radius 2 is 1.97 bits per heavy atom. The maximum atomic E-state index is 15.8. The number of hydrogen-bond donors (Lipinski definition) is 2. The molecule has 2 N–H and O–H groups in total. The van der Waals surface area contributed by atoms with E-state index in [1.165, 1.54) is 4.90 Å². The van der Waals surface area contributed by atoms with E-state index in [9.17, 15) is 19.5 Å². The van der Waals surface area contributed by atoms with Gasteiger partial charge >= 0.3 is 0 Å². The molecular formula is C25H27FN4O4. The summed E-state index contributed by atoms with van der Waals surface area (Å²) in [5, 5.41) is 11.7.